The molecule has 0 spiro atoms. The SMILES string of the molecule is CN(C(=O)CN(c1ccc([N+](=O)[O-])cc1)S(=O)(=O)c1ccccc1)C1CCCCC1O. The van der Waals surface area contributed by atoms with Crippen molar-refractivity contribution in [1.29, 1.82) is 0 Å². The van der Waals surface area contributed by atoms with Gasteiger partial charge in [-0.15, -0.1) is 0 Å². The van der Waals surface area contributed by atoms with E-state index in [4.69, 9.17) is 0 Å². The number of hydrogen-bond donors (Lipinski definition) is 1. The van der Waals surface area contributed by atoms with E-state index in [1.54, 1.807) is 25.2 Å². The summed E-state index contributed by atoms with van der Waals surface area (Å²) in [5.74, 6) is -0.469. The number of sulfonamides is 1. The maximum Gasteiger partial charge on any atom is 0.269 e. The lowest BCUT2D eigenvalue weighted by atomic mass is 9.91. The highest BCUT2D eigenvalue weighted by Crippen LogP contribution is 2.27. The van der Waals surface area contributed by atoms with Crippen LogP contribution < -0.4 is 4.31 Å². The highest BCUT2D eigenvalue weighted by atomic mass is 32.2. The van der Waals surface area contributed by atoms with Gasteiger partial charge in [-0.05, 0) is 37.1 Å². The van der Waals surface area contributed by atoms with Crippen molar-refractivity contribution in [2.75, 3.05) is 17.9 Å². The number of carbonyl (C=O) groups is 1. The molecule has 0 heterocycles. The van der Waals surface area contributed by atoms with Gasteiger partial charge in [0.1, 0.15) is 6.54 Å². The van der Waals surface area contributed by atoms with Crippen molar-refractivity contribution < 1.29 is 23.2 Å². The minimum Gasteiger partial charge on any atom is -0.391 e. The molecule has 166 valence electrons. The summed E-state index contributed by atoms with van der Waals surface area (Å²) in [5, 5.41) is 21.2. The number of non-ortho nitro benzene ring substituents is 1. The Morgan fingerprint density at radius 2 is 1.71 bits per heavy atom. The lowest BCUT2D eigenvalue weighted by molar-refractivity contribution is -0.384. The first-order valence-electron chi connectivity index (χ1n) is 9.98. The van der Waals surface area contributed by atoms with E-state index in [-0.39, 0.29) is 22.3 Å². The first-order chi connectivity index (χ1) is 14.7. The predicted octanol–water partition coefficient (Wildman–Crippen LogP) is 2.55. The number of likely N-dealkylation sites (N-methyl/N-ethyl adjacent to an activating group) is 1. The van der Waals surface area contributed by atoms with Crippen LogP contribution in [-0.2, 0) is 14.8 Å². The van der Waals surface area contributed by atoms with E-state index in [1.165, 1.54) is 41.3 Å². The molecule has 0 aliphatic heterocycles. The standard InChI is InChI=1S/C21H25N3O6S/c1-22(19-9-5-6-10-20(19)25)21(26)15-23(16-11-13-17(14-12-16)24(27)28)31(29,30)18-7-3-2-4-8-18/h2-4,7-8,11-14,19-20,25H,5-6,9-10,15H2,1H3. The molecule has 2 aromatic carbocycles. The Morgan fingerprint density at radius 1 is 1.10 bits per heavy atom. The fourth-order valence-corrected chi connectivity index (χ4v) is 5.17. The highest BCUT2D eigenvalue weighted by Gasteiger charge is 2.33. The van der Waals surface area contributed by atoms with Gasteiger partial charge in [0.2, 0.25) is 5.91 Å². The molecule has 2 aromatic rings. The number of anilines is 1. The summed E-state index contributed by atoms with van der Waals surface area (Å²) >= 11 is 0. The molecule has 0 aromatic heterocycles. The van der Waals surface area contributed by atoms with E-state index < -0.39 is 33.5 Å². The zero-order valence-electron chi connectivity index (χ0n) is 17.1. The number of rotatable bonds is 7. The Hall–Kier alpha value is -2.98. The predicted molar refractivity (Wildman–Crippen MR) is 115 cm³/mol. The zero-order chi connectivity index (χ0) is 22.6. The molecular formula is C21H25N3O6S. The van der Waals surface area contributed by atoms with E-state index >= 15 is 0 Å². The second kappa shape index (κ2) is 9.44. The van der Waals surface area contributed by atoms with E-state index in [2.05, 4.69) is 0 Å². The minimum atomic E-state index is -4.11. The molecule has 31 heavy (non-hydrogen) atoms. The number of hydrogen-bond acceptors (Lipinski definition) is 6. The van der Waals surface area contributed by atoms with Crippen LogP contribution in [0, 0.1) is 10.1 Å². The van der Waals surface area contributed by atoms with Crippen LogP contribution in [0.15, 0.2) is 59.5 Å². The molecule has 1 amide bonds. The summed E-state index contributed by atoms with van der Waals surface area (Å²) in [7, 11) is -2.55. The molecule has 9 nitrogen and oxygen atoms in total. The van der Waals surface area contributed by atoms with E-state index in [0.29, 0.717) is 12.8 Å². The third-order valence-corrected chi connectivity index (χ3v) is 7.33. The van der Waals surface area contributed by atoms with Crippen LogP contribution in [0.5, 0.6) is 0 Å². The van der Waals surface area contributed by atoms with Gasteiger partial charge < -0.3 is 10.0 Å². The summed E-state index contributed by atoms with van der Waals surface area (Å²) < 4.78 is 27.6. The normalized spacial score (nSPS) is 18.9. The van der Waals surface area contributed by atoms with Crippen molar-refractivity contribution in [3.63, 3.8) is 0 Å². The summed E-state index contributed by atoms with van der Waals surface area (Å²) in [5.41, 5.74) is -0.0463. The van der Waals surface area contributed by atoms with Gasteiger partial charge in [-0.2, -0.15) is 0 Å². The van der Waals surface area contributed by atoms with Crippen LogP contribution in [0.4, 0.5) is 11.4 Å². The Bertz CT molecular complexity index is 1030. The molecule has 1 aliphatic carbocycles. The Morgan fingerprint density at radius 3 is 2.29 bits per heavy atom. The molecule has 0 saturated heterocycles. The van der Waals surface area contributed by atoms with Crippen LogP contribution in [0.2, 0.25) is 0 Å². The molecule has 1 fully saturated rings. The number of nitrogens with zero attached hydrogens (tertiary/aromatic N) is 3. The van der Waals surface area contributed by atoms with Gasteiger partial charge >= 0.3 is 0 Å². The quantitative estimate of drug-likeness (QED) is 0.514. The van der Waals surface area contributed by atoms with Gasteiger partial charge in [0.25, 0.3) is 15.7 Å². The number of benzene rings is 2. The lowest BCUT2D eigenvalue weighted by Crippen LogP contribution is -2.50. The topological polar surface area (TPSA) is 121 Å². The van der Waals surface area contributed by atoms with Gasteiger partial charge in [0, 0.05) is 19.2 Å². The number of carbonyl (C=O) groups excluding carboxylic acids is 1. The molecular weight excluding hydrogens is 422 g/mol. The average molecular weight is 448 g/mol. The van der Waals surface area contributed by atoms with Gasteiger partial charge in [0.15, 0.2) is 0 Å². The molecule has 1 N–H and O–H groups in total. The van der Waals surface area contributed by atoms with Crippen LogP contribution in [0.1, 0.15) is 25.7 Å². The second-order valence-electron chi connectivity index (χ2n) is 7.52. The molecule has 3 rings (SSSR count). The molecule has 2 atom stereocenters. The monoisotopic (exact) mass is 447 g/mol. The largest absolute Gasteiger partial charge is 0.391 e. The fraction of sp³-hybridized carbons (Fsp3) is 0.381. The van der Waals surface area contributed by atoms with Gasteiger partial charge in [-0.25, -0.2) is 8.42 Å². The third kappa shape index (κ3) is 5.02. The summed E-state index contributed by atoms with van der Waals surface area (Å²) in [4.78, 5) is 24.8. The number of nitro benzene ring substituents is 1. The Labute approximate surface area is 181 Å². The Kier molecular flexibility index (Phi) is 6.91. The summed E-state index contributed by atoms with van der Waals surface area (Å²) in [6.45, 7) is -0.491. The minimum absolute atomic E-state index is 0.00140. The van der Waals surface area contributed by atoms with E-state index in [1.807, 2.05) is 0 Å². The van der Waals surface area contributed by atoms with Crippen LogP contribution in [0.25, 0.3) is 0 Å². The molecule has 0 radical (unpaired) electrons. The third-order valence-electron chi connectivity index (χ3n) is 5.54. The molecule has 1 aliphatic rings. The number of aliphatic hydroxyl groups is 1. The van der Waals surface area contributed by atoms with Crippen molar-refractivity contribution in [3.8, 4) is 0 Å². The van der Waals surface area contributed by atoms with Gasteiger partial charge in [-0.1, -0.05) is 31.0 Å². The van der Waals surface area contributed by atoms with Crippen LogP contribution >= 0.6 is 0 Å². The molecule has 10 heteroatoms. The molecule has 1 saturated carbocycles. The van der Waals surface area contributed by atoms with Crippen molar-refractivity contribution in [1.82, 2.24) is 4.90 Å². The number of nitro groups is 1. The maximum absolute atomic E-state index is 13.3. The van der Waals surface area contributed by atoms with Crippen molar-refractivity contribution >= 4 is 27.3 Å². The maximum atomic E-state index is 13.3. The van der Waals surface area contributed by atoms with Gasteiger partial charge in [-0.3, -0.25) is 19.2 Å². The van der Waals surface area contributed by atoms with Gasteiger partial charge in [0.05, 0.1) is 27.7 Å². The second-order valence-corrected chi connectivity index (χ2v) is 9.38. The van der Waals surface area contributed by atoms with Crippen LogP contribution in [-0.4, -0.2) is 55.0 Å². The van der Waals surface area contributed by atoms with Crippen molar-refractivity contribution in [2.24, 2.45) is 0 Å². The average Bonchev–Trinajstić information content (AvgIpc) is 2.77. The zero-order valence-corrected chi connectivity index (χ0v) is 17.9. The lowest BCUT2D eigenvalue weighted by Gasteiger charge is -2.36. The number of aliphatic hydroxyl groups excluding tert-OH is 1. The first kappa shape index (κ1) is 22.7. The van der Waals surface area contributed by atoms with Crippen molar-refractivity contribution in [2.45, 2.75) is 42.7 Å². The summed E-state index contributed by atoms with van der Waals surface area (Å²) in [6, 6.07) is 12.3. The Balaban J connectivity index is 1.94. The van der Waals surface area contributed by atoms with E-state index in [9.17, 15) is 28.4 Å². The molecule has 0 bridgehead atoms. The molecule has 2 unspecified atom stereocenters. The summed E-state index contributed by atoms with van der Waals surface area (Å²) in [6.07, 6.45) is 2.36. The smallest absolute Gasteiger partial charge is 0.269 e. The fourth-order valence-electron chi connectivity index (χ4n) is 3.74. The van der Waals surface area contributed by atoms with E-state index in [0.717, 1.165) is 17.1 Å². The van der Waals surface area contributed by atoms with Crippen molar-refractivity contribution in [3.05, 3.63) is 64.7 Å². The number of amides is 1. The first-order valence-corrected chi connectivity index (χ1v) is 11.4. The van der Waals surface area contributed by atoms with Crippen LogP contribution in [0.3, 0.4) is 0 Å². The highest BCUT2D eigenvalue weighted by molar-refractivity contribution is 7.92.